The molecule has 5 heteroatoms. The fourth-order valence-electron chi connectivity index (χ4n) is 2.34. The molecule has 0 aliphatic rings. The maximum atomic E-state index is 12.5. The molecule has 2 rings (SSSR count). The number of ether oxygens (including phenoxy) is 1. The van der Waals surface area contributed by atoms with Crippen molar-refractivity contribution in [1.29, 1.82) is 0 Å². The normalized spacial score (nSPS) is 12.9. The molecule has 0 saturated carbocycles. The monoisotopic (exact) mass is 347 g/mol. The third-order valence-electron chi connectivity index (χ3n) is 3.78. The molecule has 2 N–H and O–H groups in total. The summed E-state index contributed by atoms with van der Waals surface area (Å²) in [5, 5.41) is 15.2. The first-order valence-corrected chi connectivity index (χ1v) is 8.95. The maximum Gasteiger partial charge on any atom is 0.231 e. The smallest absolute Gasteiger partial charge is 0.231 e. The highest BCUT2D eigenvalue weighted by Crippen LogP contribution is 2.28. The van der Waals surface area contributed by atoms with Crippen LogP contribution in [0.1, 0.15) is 44.2 Å². The van der Waals surface area contributed by atoms with Crippen LogP contribution in [0.25, 0.3) is 0 Å². The molecule has 1 amide bonds. The van der Waals surface area contributed by atoms with Crippen molar-refractivity contribution in [3.63, 3.8) is 0 Å². The van der Waals surface area contributed by atoms with Gasteiger partial charge in [-0.15, -0.1) is 11.3 Å². The quantitative estimate of drug-likeness (QED) is 0.803. The summed E-state index contributed by atoms with van der Waals surface area (Å²) in [6.45, 7) is 7.85. The van der Waals surface area contributed by atoms with Gasteiger partial charge in [-0.1, -0.05) is 18.2 Å². The van der Waals surface area contributed by atoms with Gasteiger partial charge in [-0.05, 0) is 56.8 Å². The standard InChI is InChI=1S/C19H25NO3S/c1-13(2)23-15-8-5-7-14(11-15)16(21)12-20-18(22)19(3,4)17-9-6-10-24-17/h5-11,13,16,21H,12H2,1-4H3,(H,20,22). The molecule has 0 radical (unpaired) electrons. The number of nitrogens with one attached hydrogen (secondary N) is 1. The van der Waals surface area contributed by atoms with Crippen molar-refractivity contribution in [2.75, 3.05) is 6.54 Å². The van der Waals surface area contributed by atoms with Gasteiger partial charge >= 0.3 is 0 Å². The Balaban J connectivity index is 1.98. The second-order valence-corrected chi connectivity index (χ2v) is 7.51. The molecule has 0 saturated heterocycles. The van der Waals surface area contributed by atoms with E-state index < -0.39 is 11.5 Å². The summed E-state index contributed by atoms with van der Waals surface area (Å²) in [5.74, 6) is 0.616. The van der Waals surface area contributed by atoms with E-state index in [1.54, 1.807) is 17.4 Å². The summed E-state index contributed by atoms with van der Waals surface area (Å²) >= 11 is 1.56. The molecule has 1 heterocycles. The Bertz CT molecular complexity index is 665. The molecular weight excluding hydrogens is 322 g/mol. The molecule has 1 aromatic heterocycles. The van der Waals surface area contributed by atoms with Crippen molar-refractivity contribution in [1.82, 2.24) is 5.32 Å². The number of aliphatic hydroxyl groups excluding tert-OH is 1. The number of hydrogen-bond donors (Lipinski definition) is 2. The number of rotatable bonds is 7. The molecule has 0 aliphatic heterocycles. The lowest BCUT2D eigenvalue weighted by atomic mass is 9.90. The lowest BCUT2D eigenvalue weighted by Gasteiger charge is -2.23. The fourth-order valence-corrected chi connectivity index (χ4v) is 3.19. The van der Waals surface area contributed by atoms with Crippen LogP contribution in [0.15, 0.2) is 41.8 Å². The van der Waals surface area contributed by atoms with E-state index in [2.05, 4.69) is 5.32 Å². The first-order valence-electron chi connectivity index (χ1n) is 8.07. The van der Waals surface area contributed by atoms with E-state index in [1.165, 1.54) is 0 Å². The van der Waals surface area contributed by atoms with Crippen LogP contribution in [0, 0.1) is 0 Å². The third kappa shape index (κ3) is 4.58. The van der Waals surface area contributed by atoms with Crippen LogP contribution < -0.4 is 10.1 Å². The van der Waals surface area contributed by atoms with Crippen molar-refractivity contribution < 1.29 is 14.6 Å². The SMILES string of the molecule is CC(C)Oc1cccc(C(O)CNC(=O)C(C)(C)c2cccs2)c1. The van der Waals surface area contributed by atoms with Crippen molar-refractivity contribution in [2.45, 2.75) is 45.3 Å². The molecule has 1 atom stereocenters. The number of hydrogen-bond acceptors (Lipinski definition) is 4. The minimum Gasteiger partial charge on any atom is -0.491 e. The molecule has 24 heavy (non-hydrogen) atoms. The van der Waals surface area contributed by atoms with Crippen LogP contribution in [0.3, 0.4) is 0 Å². The van der Waals surface area contributed by atoms with Crippen LogP contribution >= 0.6 is 11.3 Å². The van der Waals surface area contributed by atoms with E-state index in [9.17, 15) is 9.90 Å². The van der Waals surface area contributed by atoms with Crippen LogP contribution in [-0.4, -0.2) is 23.7 Å². The number of carbonyl (C=O) groups is 1. The summed E-state index contributed by atoms with van der Waals surface area (Å²) in [7, 11) is 0. The summed E-state index contributed by atoms with van der Waals surface area (Å²) in [6.07, 6.45) is -0.701. The highest BCUT2D eigenvalue weighted by Gasteiger charge is 2.30. The minimum atomic E-state index is -0.774. The lowest BCUT2D eigenvalue weighted by molar-refractivity contribution is -0.126. The molecule has 1 aromatic carbocycles. The van der Waals surface area contributed by atoms with Crippen molar-refractivity contribution >= 4 is 17.2 Å². The Kier molecular flexibility index (Phi) is 6.02. The van der Waals surface area contributed by atoms with E-state index in [0.29, 0.717) is 5.75 Å². The maximum absolute atomic E-state index is 12.5. The zero-order chi connectivity index (χ0) is 17.7. The molecule has 130 valence electrons. The minimum absolute atomic E-state index is 0.0729. The second-order valence-electron chi connectivity index (χ2n) is 6.57. The second kappa shape index (κ2) is 7.81. The van der Waals surface area contributed by atoms with E-state index in [4.69, 9.17) is 4.74 Å². The van der Waals surface area contributed by atoms with Gasteiger partial charge in [-0.25, -0.2) is 0 Å². The van der Waals surface area contributed by atoms with Gasteiger partial charge in [-0.3, -0.25) is 4.79 Å². The summed E-state index contributed by atoms with van der Waals surface area (Å²) in [5.41, 5.74) is 0.110. The Morgan fingerprint density at radius 2 is 2.04 bits per heavy atom. The average Bonchev–Trinajstić information content (AvgIpc) is 3.07. The van der Waals surface area contributed by atoms with Gasteiger partial charge in [0.1, 0.15) is 5.75 Å². The zero-order valence-corrected chi connectivity index (χ0v) is 15.4. The van der Waals surface area contributed by atoms with Gasteiger partial charge in [0, 0.05) is 11.4 Å². The molecule has 4 nitrogen and oxygen atoms in total. The van der Waals surface area contributed by atoms with Crippen molar-refractivity contribution in [3.8, 4) is 5.75 Å². The molecular formula is C19H25NO3S. The molecule has 0 bridgehead atoms. The number of amides is 1. The molecule has 0 fully saturated rings. The average molecular weight is 347 g/mol. The number of aliphatic hydroxyl groups is 1. The highest BCUT2D eigenvalue weighted by atomic mass is 32.1. The summed E-state index contributed by atoms with van der Waals surface area (Å²) in [4.78, 5) is 13.5. The third-order valence-corrected chi connectivity index (χ3v) is 4.97. The summed E-state index contributed by atoms with van der Waals surface area (Å²) < 4.78 is 5.64. The molecule has 2 aromatic rings. The van der Waals surface area contributed by atoms with Crippen molar-refractivity contribution in [3.05, 3.63) is 52.2 Å². The Hall–Kier alpha value is -1.85. The van der Waals surface area contributed by atoms with E-state index in [0.717, 1.165) is 10.4 Å². The van der Waals surface area contributed by atoms with Crippen LogP contribution in [0.5, 0.6) is 5.75 Å². The van der Waals surface area contributed by atoms with Gasteiger partial charge in [0.25, 0.3) is 0 Å². The predicted octanol–water partition coefficient (Wildman–Crippen LogP) is 3.66. The first kappa shape index (κ1) is 18.5. The largest absolute Gasteiger partial charge is 0.491 e. The molecule has 0 aliphatic carbocycles. The van der Waals surface area contributed by atoms with Crippen LogP contribution in [-0.2, 0) is 10.2 Å². The molecule has 1 unspecified atom stereocenters. The zero-order valence-electron chi connectivity index (χ0n) is 14.6. The Morgan fingerprint density at radius 3 is 2.67 bits per heavy atom. The van der Waals surface area contributed by atoms with E-state index in [-0.39, 0.29) is 18.6 Å². The van der Waals surface area contributed by atoms with Crippen LogP contribution in [0.4, 0.5) is 0 Å². The topological polar surface area (TPSA) is 58.6 Å². The first-order chi connectivity index (χ1) is 11.3. The Morgan fingerprint density at radius 1 is 1.29 bits per heavy atom. The fraction of sp³-hybridized carbons (Fsp3) is 0.421. The lowest BCUT2D eigenvalue weighted by Crippen LogP contribution is -2.41. The number of thiophene rings is 1. The number of carbonyl (C=O) groups excluding carboxylic acids is 1. The van der Waals surface area contributed by atoms with Crippen LogP contribution in [0.2, 0.25) is 0 Å². The van der Waals surface area contributed by atoms with Gasteiger partial charge in [0.15, 0.2) is 0 Å². The summed E-state index contributed by atoms with van der Waals surface area (Å²) in [6, 6.07) is 11.2. The Labute approximate surface area is 147 Å². The van der Waals surface area contributed by atoms with Gasteiger partial charge < -0.3 is 15.2 Å². The van der Waals surface area contributed by atoms with Gasteiger partial charge in [0.2, 0.25) is 5.91 Å². The van der Waals surface area contributed by atoms with E-state index in [1.807, 2.05) is 63.4 Å². The highest BCUT2D eigenvalue weighted by molar-refractivity contribution is 7.10. The van der Waals surface area contributed by atoms with Crippen molar-refractivity contribution in [2.24, 2.45) is 0 Å². The van der Waals surface area contributed by atoms with E-state index >= 15 is 0 Å². The molecule has 0 spiro atoms. The number of benzene rings is 1. The van der Waals surface area contributed by atoms with Gasteiger partial charge in [0.05, 0.1) is 17.6 Å². The predicted molar refractivity (Wildman–Crippen MR) is 97.5 cm³/mol. The van der Waals surface area contributed by atoms with Gasteiger partial charge in [-0.2, -0.15) is 0 Å².